The lowest BCUT2D eigenvalue weighted by molar-refractivity contribution is 0.201. The van der Waals surface area contributed by atoms with Gasteiger partial charge in [-0.25, -0.2) is 0 Å². The smallest absolute Gasteiger partial charge is 0.123 e. The van der Waals surface area contributed by atoms with Gasteiger partial charge in [-0.1, -0.05) is 31.2 Å². The molecule has 1 aromatic carbocycles. The molecule has 0 bridgehead atoms. The molecule has 1 aromatic rings. The molecule has 5 heteroatoms. The summed E-state index contributed by atoms with van der Waals surface area (Å²) in [5.74, 6) is 0.434. The number of aryl methyl sites for hydroxylation is 1. The maximum absolute atomic E-state index is 10.3. The molecule has 0 radical (unpaired) electrons. The van der Waals surface area contributed by atoms with E-state index in [2.05, 4.69) is 23.7 Å². The Hall–Kier alpha value is -0.740. The van der Waals surface area contributed by atoms with Gasteiger partial charge >= 0.3 is 0 Å². The average molecular weight is 319 g/mol. The van der Waals surface area contributed by atoms with Gasteiger partial charge < -0.3 is 10.4 Å². The van der Waals surface area contributed by atoms with Crippen LogP contribution in [0.25, 0.3) is 0 Å². The van der Waals surface area contributed by atoms with Crippen LogP contribution in [0, 0.1) is 0 Å². The number of hydrogen-bond donors (Lipinski definition) is 2. The van der Waals surface area contributed by atoms with Crippen molar-refractivity contribution in [1.82, 2.24) is 10.2 Å². The fourth-order valence-electron chi connectivity index (χ4n) is 2.57. The molecule has 1 aliphatic rings. The van der Waals surface area contributed by atoms with Gasteiger partial charge in [-0.3, -0.25) is 4.90 Å². The highest BCUT2D eigenvalue weighted by molar-refractivity contribution is 5.85. The second kappa shape index (κ2) is 9.24. The largest absolute Gasteiger partial charge is 0.507 e. The molecule has 0 unspecified atom stereocenters. The molecule has 0 spiro atoms. The van der Waals surface area contributed by atoms with Crippen molar-refractivity contribution in [3.8, 4) is 5.75 Å². The van der Waals surface area contributed by atoms with Gasteiger partial charge in [-0.15, -0.1) is 31.4 Å². The van der Waals surface area contributed by atoms with Crippen LogP contribution in [0.15, 0.2) is 30.9 Å². The summed E-state index contributed by atoms with van der Waals surface area (Å²) in [6, 6.07) is 6.12. The molecule has 0 aliphatic carbocycles. The van der Waals surface area contributed by atoms with Gasteiger partial charge in [0.15, 0.2) is 0 Å². The molecule has 1 aliphatic heterocycles. The summed E-state index contributed by atoms with van der Waals surface area (Å²) in [5.41, 5.74) is 1.99. The van der Waals surface area contributed by atoms with Crippen molar-refractivity contribution in [2.45, 2.75) is 19.4 Å². The lowest BCUT2D eigenvalue weighted by Crippen LogP contribution is -2.44. The van der Waals surface area contributed by atoms with Gasteiger partial charge in [0.2, 0.25) is 0 Å². The van der Waals surface area contributed by atoms with Gasteiger partial charge in [-0.2, -0.15) is 0 Å². The second-order valence-electron chi connectivity index (χ2n) is 4.68. The van der Waals surface area contributed by atoms with Gasteiger partial charge in [0.05, 0.1) is 6.04 Å². The highest BCUT2D eigenvalue weighted by atomic mass is 35.5. The zero-order chi connectivity index (χ0) is 13.0. The van der Waals surface area contributed by atoms with Crippen molar-refractivity contribution < 1.29 is 5.11 Å². The van der Waals surface area contributed by atoms with Crippen molar-refractivity contribution >= 4 is 24.8 Å². The van der Waals surface area contributed by atoms with E-state index in [4.69, 9.17) is 0 Å². The number of para-hydroxylation sites is 1. The molecule has 1 atom stereocenters. The Labute approximate surface area is 133 Å². The van der Waals surface area contributed by atoms with Crippen molar-refractivity contribution in [2.24, 2.45) is 0 Å². The van der Waals surface area contributed by atoms with Gasteiger partial charge in [-0.05, 0) is 12.0 Å². The third-order valence-electron chi connectivity index (χ3n) is 3.62. The summed E-state index contributed by atoms with van der Waals surface area (Å²) < 4.78 is 0. The van der Waals surface area contributed by atoms with E-state index < -0.39 is 0 Å². The van der Waals surface area contributed by atoms with E-state index in [0.29, 0.717) is 5.75 Å². The zero-order valence-electron chi connectivity index (χ0n) is 11.8. The number of halogens is 2. The highest BCUT2D eigenvalue weighted by Crippen LogP contribution is 2.32. The maximum Gasteiger partial charge on any atom is 0.123 e. The summed E-state index contributed by atoms with van der Waals surface area (Å²) >= 11 is 0. The normalized spacial score (nSPS) is 16.6. The van der Waals surface area contributed by atoms with E-state index >= 15 is 0 Å². The van der Waals surface area contributed by atoms with Crippen LogP contribution < -0.4 is 5.32 Å². The maximum atomic E-state index is 10.3. The zero-order valence-corrected chi connectivity index (χ0v) is 13.5. The molecule has 1 fully saturated rings. The average Bonchev–Trinajstić information content (AvgIpc) is 2.43. The monoisotopic (exact) mass is 318 g/mol. The number of nitrogens with one attached hydrogen (secondary N) is 1. The van der Waals surface area contributed by atoms with E-state index in [-0.39, 0.29) is 30.9 Å². The first-order valence-corrected chi connectivity index (χ1v) is 6.66. The predicted octanol–water partition coefficient (Wildman–Crippen LogP) is 2.93. The van der Waals surface area contributed by atoms with Crippen molar-refractivity contribution in [1.29, 1.82) is 0 Å². The highest BCUT2D eigenvalue weighted by Gasteiger charge is 2.22. The minimum Gasteiger partial charge on any atom is -0.507 e. The van der Waals surface area contributed by atoms with E-state index in [1.54, 1.807) is 0 Å². The molecule has 1 saturated heterocycles. The van der Waals surface area contributed by atoms with Gasteiger partial charge in [0.1, 0.15) is 5.75 Å². The fraction of sp³-hybridized carbons (Fsp3) is 0.467. The Bertz CT molecular complexity index is 420. The molecule has 2 rings (SSSR count). The van der Waals surface area contributed by atoms with Gasteiger partial charge in [0.25, 0.3) is 0 Å². The molecule has 3 nitrogen and oxygen atoms in total. The summed E-state index contributed by atoms with van der Waals surface area (Å²) in [6.07, 6.45) is 2.78. The molecule has 20 heavy (non-hydrogen) atoms. The molecule has 2 N–H and O–H groups in total. The van der Waals surface area contributed by atoms with E-state index in [1.165, 1.54) is 0 Å². The third-order valence-corrected chi connectivity index (χ3v) is 3.62. The number of phenols is 1. The molecular weight excluding hydrogens is 295 g/mol. The van der Waals surface area contributed by atoms with Crippen molar-refractivity contribution in [3.63, 3.8) is 0 Å². The first-order chi connectivity index (χ1) is 8.77. The van der Waals surface area contributed by atoms with Crippen LogP contribution in [0.4, 0.5) is 0 Å². The number of aromatic hydroxyl groups is 1. The van der Waals surface area contributed by atoms with Crippen LogP contribution in [0.1, 0.15) is 24.1 Å². The number of rotatable bonds is 4. The number of hydrogen-bond acceptors (Lipinski definition) is 3. The molecule has 114 valence electrons. The van der Waals surface area contributed by atoms with Crippen molar-refractivity contribution in [3.05, 3.63) is 42.0 Å². The van der Waals surface area contributed by atoms with Crippen LogP contribution in [-0.4, -0.2) is 36.2 Å². The van der Waals surface area contributed by atoms with Crippen LogP contribution in [0.2, 0.25) is 0 Å². The SMILES string of the molecule is C=C[C@H](c1cccc(CC)c1O)N1CCNCC1.Cl.Cl. The van der Waals surface area contributed by atoms with Crippen LogP contribution in [-0.2, 0) is 6.42 Å². The molecular formula is C15H24Cl2N2O. The Morgan fingerprint density at radius 2 is 2.00 bits per heavy atom. The number of piperazine rings is 1. The third kappa shape index (κ3) is 4.13. The number of nitrogens with zero attached hydrogens (tertiary/aromatic N) is 1. The minimum atomic E-state index is 0. The first-order valence-electron chi connectivity index (χ1n) is 6.66. The Morgan fingerprint density at radius 1 is 1.35 bits per heavy atom. The number of phenolic OH excluding ortho intramolecular Hbond substituents is 1. The quantitative estimate of drug-likeness (QED) is 0.838. The molecule has 0 aromatic heterocycles. The fourth-order valence-corrected chi connectivity index (χ4v) is 2.57. The summed E-state index contributed by atoms with van der Waals surface area (Å²) in [4.78, 5) is 2.36. The van der Waals surface area contributed by atoms with Crippen LogP contribution >= 0.6 is 24.8 Å². The van der Waals surface area contributed by atoms with E-state index in [9.17, 15) is 5.11 Å². The molecule has 0 amide bonds. The standard InChI is InChI=1S/C15H22N2O.2ClH/c1-3-12-6-5-7-13(15(12)18)14(4-2)17-10-8-16-9-11-17;;/h4-7,14,16,18H,2-3,8-11H2,1H3;2*1H/t14-;;/m1../s1. The topological polar surface area (TPSA) is 35.5 Å². The second-order valence-corrected chi connectivity index (χ2v) is 4.68. The number of benzene rings is 1. The summed E-state index contributed by atoms with van der Waals surface area (Å²) in [6.45, 7) is 9.98. The van der Waals surface area contributed by atoms with Crippen LogP contribution in [0.3, 0.4) is 0 Å². The van der Waals surface area contributed by atoms with Crippen LogP contribution in [0.5, 0.6) is 5.75 Å². The Morgan fingerprint density at radius 3 is 2.55 bits per heavy atom. The predicted molar refractivity (Wildman–Crippen MR) is 89.4 cm³/mol. The lowest BCUT2D eigenvalue weighted by Gasteiger charge is -2.34. The molecule has 0 saturated carbocycles. The minimum absolute atomic E-state index is 0. The van der Waals surface area contributed by atoms with Crippen molar-refractivity contribution in [2.75, 3.05) is 26.2 Å². The van der Waals surface area contributed by atoms with Gasteiger partial charge in [0, 0.05) is 31.7 Å². The molecule has 1 heterocycles. The summed E-state index contributed by atoms with van der Waals surface area (Å²) in [7, 11) is 0. The summed E-state index contributed by atoms with van der Waals surface area (Å²) in [5, 5.41) is 13.7. The van der Waals surface area contributed by atoms with E-state index in [0.717, 1.165) is 43.7 Å². The lowest BCUT2D eigenvalue weighted by atomic mass is 9.99. The van der Waals surface area contributed by atoms with E-state index in [1.807, 2.05) is 24.3 Å². The Balaban J connectivity index is 0.00000180. The Kier molecular flexibility index (Phi) is 8.90. The first kappa shape index (κ1) is 19.3.